The van der Waals surface area contributed by atoms with Crippen molar-refractivity contribution in [2.24, 2.45) is 10.8 Å². The molecule has 0 heterocycles. The first kappa shape index (κ1) is 7.95. The van der Waals surface area contributed by atoms with Gasteiger partial charge in [0, 0.05) is 0 Å². The number of hydrogen-bond acceptors (Lipinski definition) is 2. The van der Waals surface area contributed by atoms with Crippen LogP contribution in [0.25, 0.3) is 0 Å². The fourth-order valence-electron chi connectivity index (χ4n) is 0.272. The first-order valence-corrected chi connectivity index (χ1v) is 3.24. The van der Waals surface area contributed by atoms with Crippen LogP contribution in [0, 0.1) is 0 Å². The van der Waals surface area contributed by atoms with Crippen molar-refractivity contribution in [3.8, 4) is 0 Å². The third kappa shape index (κ3) is 4.12. The Balaban J connectivity index is 3.56. The molecule has 0 aromatic carbocycles. The molecular formula is C4H10N3Se. The molecule has 0 amide bonds. The Morgan fingerprint density at radius 3 is 2.38 bits per heavy atom. The van der Waals surface area contributed by atoms with Crippen molar-refractivity contribution >= 4 is 20.7 Å². The quantitative estimate of drug-likeness (QED) is 0.185. The van der Waals surface area contributed by atoms with E-state index in [9.17, 15) is 0 Å². The minimum absolute atomic E-state index is 0.294. The third-order valence-corrected chi connectivity index (χ3v) is 0.967. The first-order chi connectivity index (χ1) is 3.66. The Hall–Kier alpha value is -0.0505. The van der Waals surface area contributed by atoms with Crippen LogP contribution in [0.5, 0.6) is 0 Å². The van der Waals surface area contributed by atoms with Gasteiger partial charge in [-0.15, -0.1) is 0 Å². The van der Waals surface area contributed by atoms with Crippen molar-refractivity contribution in [3.63, 3.8) is 0 Å². The van der Waals surface area contributed by atoms with Gasteiger partial charge in [-0.3, -0.25) is 0 Å². The Morgan fingerprint density at radius 1 is 1.75 bits per heavy atom. The van der Waals surface area contributed by atoms with Crippen molar-refractivity contribution < 1.29 is 0 Å². The summed E-state index contributed by atoms with van der Waals surface area (Å²) in [5.41, 5.74) is 2.39. The van der Waals surface area contributed by atoms with Gasteiger partial charge >= 0.3 is 56.9 Å². The third-order valence-electron chi connectivity index (χ3n) is 0.499. The minimum atomic E-state index is 0.294. The Labute approximate surface area is 57.5 Å². The van der Waals surface area contributed by atoms with Gasteiger partial charge in [0.05, 0.1) is 0 Å². The SMILES string of the molecule is CC(C)N=C([Se])NN. The molecule has 0 aliphatic rings. The summed E-state index contributed by atoms with van der Waals surface area (Å²) in [6.07, 6.45) is 0. The predicted molar refractivity (Wildman–Crippen MR) is 35.6 cm³/mol. The number of nitrogens with one attached hydrogen (secondary N) is 1. The Kier molecular flexibility index (Phi) is 3.87. The van der Waals surface area contributed by atoms with E-state index >= 15 is 0 Å². The molecule has 0 saturated heterocycles. The van der Waals surface area contributed by atoms with Gasteiger partial charge in [-0.2, -0.15) is 0 Å². The van der Waals surface area contributed by atoms with Crippen LogP contribution in [-0.4, -0.2) is 26.8 Å². The molecule has 0 unspecified atom stereocenters. The molecule has 0 aromatic heterocycles. The molecule has 0 spiro atoms. The van der Waals surface area contributed by atoms with Crippen LogP contribution in [0.3, 0.4) is 0 Å². The van der Waals surface area contributed by atoms with Crippen molar-refractivity contribution in [2.75, 3.05) is 0 Å². The van der Waals surface area contributed by atoms with Crippen molar-refractivity contribution in [2.45, 2.75) is 19.9 Å². The summed E-state index contributed by atoms with van der Waals surface area (Å²) >= 11 is 2.67. The monoisotopic (exact) mass is 180 g/mol. The van der Waals surface area contributed by atoms with Gasteiger partial charge in [0.1, 0.15) is 0 Å². The van der Waals surface area contributed by atoms with Gasteiger partial charge in [0.2, 0.25) is 0 Å². The van der Waals surface area contributed by atoms with Crippen LogP contribution in [0.1, 0.15) is 13.8 Å². The fraction of sp³-hybridized carbons (Fsp3) is 0.750. The topological polar surface area (TPSA) is 50.4 Å². The zero-order valence-corrected chi connectivity index (χ0v) is 6.72. The second kappa shape index (κ2) is 3.89. The zero-order valence-electron chi connectivity index (χ0n) is 5.01. The standard InChI is InChI=1S/C4H10N3Se/c1-3(2)6-4(8)7-5/h3H,5H2,1-2H3,(H,6,7). The van der Waals surface area contributed by atoms with E-state index in [2.05, 4.69) is 26.4 Å². The molecule has 0 saturated carbocycles. The van der Waals surface area contributed by atoms with E-state index < -0.39 is 0 Å². The second-order valence-corrected chi connectivity index (χ2v) is 2.48. The molecule has 1 radical (unpaired) electrons. The van der Waals surface area contributed by atoms with E-state index in [-0.39, 0.29) is 0 Å². The van der Waals surface area contributed by atoms with Gasteiger partial charge in [-0.1, -0.05) is 0 Å². The molecule has 3 N–H and O–H groups in total. The summed E-state index contributed by atoms with van der Waals surface area (Å²) in [4.78, 5) is 4.02. The molecule has 8 heavy (non-hydrogen) atoms. The van der Waals surface area contributed by atoms with Gasteiger partial charge in [0.25, 0.3) is 0 Å². The molecule has 0 aliphatic heterocycles. The number of hydrazine groups is 1. The van der Waals surface area contributed by atoms with Crippen LogP contribution < -0.4 is 11.3 Å². The van der Waals surface area contributed by atoms with Crippen LogP contribution in [0.15, 0.2) is 4.99 Å². The van der Waals surface area contributed by atoms with E-state index in [1.165, 1.54) is 0 Å². The Bertz CT molecular complexity index is 89.3. The van der Waals surface area contributed by atoms with Gasteiger partial charge < -0.3 is 0 Å². The molecule has 0 bridgehead atoms. The van der Waals surface area contributed by atoms with Crippen molar-refractivity contribution in [3.05, 3.63) is 0 Å². The number of amidine groups is 1. The number of nitrogens with two attached hydrogens (primary N) is 1. The van der Waals surface area contributed by atoms with Crippen molar-refractivity contribution in [1.82, 2.24) is 5.43 Å². The molecule has 0 aliphatic carbocycles. The number of rotatable bonds is 1. The summed E-state index contributed by atoms with van der Waals surface area (Å²) in [6.45, 7) is 3.96. The van der Waals surface area contributed by atoms with Crippen LogP contribution in [-0.2, 0) is 0 Å². The molecule has 0 aromatic rings. The molecular weight excluding hydrogens is 169 g/mol. The number of aliphatic imine (C=N–C) groups is 1. The second-order valence-electron chi connectivity index (χ2n) is 1.67. The molecule has 0 rings (SSSR count). The van der Waals surface area contributed by atoms with E-state index in [1.807, 2.05) is 13.8 Å². The number of hydrogen-bond donors (Lipinski definition) is 2. The summed E-state index contributed by atoms with van der Waals surface area (Å²) in [7, 11) is 0. The van der Waals surface area contributed by atoms with E-state index in [0.717, 1.165) is 0 Å². The average Bonchev–Trinajstić information content (AvgIpc) is 1.65. The summed E-state index contributed by atoms with van der Waals surface area (Å²) < 4.78 is 0.653. The zero-order chi connectivity index (χ0) is 6.57. The van der Waals surface area contributed by atoms with E-state index in [4.69, 9.17) is 5.84 Å². The maximum atomic E-state index is 5.01. The van der Waals surface area contributed by atoms with E-state index in [0.29, 0.717) is 10.8 Å². The normalized spacial score (nSPS) is 12.2. The van der Waals surface area contributed by atoms with Gasteiger partial charge in [-0.05, 0) is 0 Å². The van der Waals surface area contributed by atoms with Crippen LogP contribution >= 0.6 is 0 Å². The van der Waals surface area contributed by atoms with Gasteiger partial charge in [0.15, 0.2) is 0 Å². The molecule has 3 nitrogen and oxygen atoms in total. The Morgan fingerprint density at radius 2 is 2.25 bits per heavy atom. The number of nitrogens with zero attached hydrogens (tertiary/aromatic N) is 1. The van der Waals surface area contributed by atoms with Crippen LogP contribution in [0.4, 0.5) is 0 Å². The maximum absolute atomic E-state index is 5.01. The molecule has 4 heteroatoms. The van der Waals surface area contributed by atoms with Gasteiger partial charge in [-0.25, -0.2) is 0 Å². The van der Waals surface area contributed by atoms with Crippen LogP contribution in [0.2, 0.25) is 0 Å². The molecule has 47 valence electrons. The molecule has 0 atom stereocenters. The van der Waals surface area contributed by atoms with Crippen molar-refractivity contribution in [1.29, 1.82) is 0 Å². The summed E-state index contributed by atoms with van der Waals surface area (Å²) in [5, 5.41) is 0. The first-order valence-electron chi connectivity index (χ1n) is 2.38. The van der Waals surface area contributed by atoms with E-state index in [1.54, 1.807) is 0 Å². The average molecular weight is 179 g/mol. The summed E-state index contributed by atoms with van der Waals surface area (Å²) in [5.74, 6) is 5.01. The molecule has 0 fully saturated rings. The fourth-order valence-corrected chi connectivity index (χ4v) is 0.714. The predicted octanol–water partition coefficient (Wildman–Crippen LogP) is -0.617. The summed E-state index contributed by atoms with van der Waals surface area (Å²) in [6, 6.07) is 0.294.